The summed E-state index contributed by atoms with van der Waals surface area (Å²) in [5, 5.41) is 5.65. The quantitative estimate of drug-likeness (QED) is 0.520. The van der Waals surface area contributed by atoms with Crippen molar-refractivity contribution < 1.29 is 13.9 Å². The molecule has 4 rings (SSSR count). The van der Waals surface area contributed by atoms with Gasteiger partial charge in [0, 0.05) is 24.2 Å². The number of carbonyl (C=O) groups is 1. The Morgan fingerprint density at radius 1 is 1.30 bits per heavy atom. The molecule has 3 aromatic heterocycles. The molecule has 4 aromatic rings. The smallest absolute Gasteiger partial charge is 0.341 e. The largest absolute Gasteiger partial charge is 0.462 e. The van der Waals surface area contributed by atoms with E-state index in [4.69, 9.17) is 9.15 Å². The second-order valence-electron chi connectivity index (χ2n) is 6.37. The molecule has 0 unspecified atom stereocenters. The highest BCUT2D eigenvalue weighted by atomic mass is 16.5. The molecule has 0 amide bonds. The Kier molecular flexibility index (Phi) is 4.07. The molecule has 0 radical (unpaired) electrons. The molecule has 0 aliphatic heterocycles. The number of esters is 1. The molecule has 138 valence electrons. The molecule has 7 nitrogen and oxygen atoms in total. The summed E-state index contributed by atoms with van der Waals surface area (Å²) >= 11 is 0. The summed E-state index contributed by atoms with van der Waals surface area (Å²) in [6, 6.07) is 7.65. The first-order valence-electron chi connectivity index (χ1n) is 8.70. The first kappa shape index (κ1) is 17.1. The first-order valence-corrected chi connectivity index (χ1v) is 8.70. The highest BCUT2D eigenvalue weighted by Crippen LogP contribution is 2.29. The van der Waals surface area contributed by atoms with Gasteiger partial charge in [0.15, 0.2) is 0 Å². The highest BCUT2D eigenvalue weighted by molar-refractivity contribution is 6.03. The van der Waals surface area contributed by atoms with Gasteiger partial charge in [-0.25, -0.2) is 4.79 Å². The maximum absolute atomic E-state index is 13.0. The van der Waals surface area contributed by atoms with Gasteiger partial charge in [-0.1, -0.05) is 12.1 Å². The number of aromatic nitrogens is 3. The van der Waals surface area contributed by atoms with E-state index < -0.39 is 5.97 Å². The minimum Gasteiger partial charge on any atom is -0.462 e. The number of carbonyl (C=O) groups excluding carboxylic acids is 1. The van der Waals surface area contributed by atoms with E-state index >= 15 is 0 Å². The lowest BCUT2D eigenvalue weighted by atomic mass is 10.1. The fraction of sp³-hybridized carbons (Fsp3) is 0.250. The van der Waals surface area contributed by atoms with E-state index in [1.54, 1.807) is 29.4 Å². The molecule has 0 aliphatic rings. The zero-order valence-corrected chi connectivity index (χ0v) is 15.4. The van der Waals surface area contributed by atoms with E-state index in [1.807, 2.05) is 31.2 Å². The monoisotopic (exact) mass is 365 g/mol. The molecule has 7 heteroatoms. The predicted molar refractivity (Wildman–Crippen MR) is 101 cm³/mol. The zero-order valence-electron chi connectivity index (χ0n) is 15.4. The maximum Gasteiger partial charge on any atom is 0.341 e. The van der Waals surface area contributed by atoms with E-state index in [9.17, 15) is 9.59 Å². The topological polar surface area (TPSA) is 79.3 Å². The van der Waals surface area contributed by atoms with Gasteiger partial charge in [0.1, 0.15) is 11.3 Å². The summed E-state index contributed by atoms with van der Waals surface area (Å²) in [6.45, 7) is 4.22. The van der Waals surface area contributed by atoms with Crippen LogP contribution in [0.1, 0.15) is 28.6 Å². The van der Waals surface area contributed by atoms with Crippen molar-refractivity contribution in [2.75, 3.05) is 6.61 Å². The minimum atomic E-state index is -0.417. The van der Waals surface area contributed by atoms with Crippen molar-refractivity contribution in [2.24, 2.45) is 7.05 Å². The van der Waals surface area contributed by atoms with Gasteiger partial charge in [0.2, 0.25) is 0 Å². The average molecular weight is 365 g/mol. The van der Waals surface area contributed by atoms with Crippen molar-refractivity contribution in [3.8, 4) is 0 Å². The van der Waals surface area contributed by atoms with Crippen molar-refractivity contribution in [3.63, 3.8) is 0 Å². The number of hydrogen-bond donors (Lipinski definition) is 0. The van der Waals surface area contributed by atoms with Gasteiger partial charge in [-0.2, -0.15) is 5.10 Å². The van der Waals surface area contributed by atoms with Gasteiger partial charge in [-0.05, 0) is 26.0 Å². The van der Waals surface area contributed by atoms with Crippen LogP contribution in [0.2, 0.25) is 0 Å². The number of para-hydroxylation sites is 1. The number of furan rings is 1. The van der Waals surface area contributed by atoms with Gasteiger partial charge in [-0.3, -0.25) is 9.48 Å². The second-order valence-corrected chi connectivity index (χ2v) is 6.37. The molecule has 0 saturated carbocycles. The molecule has 3 heterocycles. The standard InChI is InChI=1S/C20H19N3O4/c1-4-26-20(25)13-9-21-23(10-13)11-15-12(2)27-18-14-7-5-6-8-16(14)22(3)19(24)17(15)18/h5-10H,4,11H2,1-3H3. The number of hydrogen-bond acceptors (Lipinski definition) is 5. The summed E-state index contributed by atoms with van der Waals surface area (Å²) in [4.78, 5) is 24.8. The van der Waals surface area contributed by atoms with Crippen LogP contribution in [-0.4, -0.2) is 26.9 Å². The SMILES string of the molecule is CCOC(=O)c1cnn(Cc2c(C)oc3c2c(=O)n(C)c2ccccc32)c1. The van der Waals surface area contributed by atoms with Crippen molar-refractivity contribution in [1.82, 2.24) is 14.3 Å². The number of aryl methyl sites for hydroxylation is 2. The lowest BCUT2D eigenvalue weighted by Crippen LogP contribution is -2.18. The summed E-state index contributed by atoms with van der Waals surface area (Å²) < 4.78 is 14.2. The van der Waals surface area contributed by atoms with Crippen molar-refractivity contribution in [3.05, 3.63) is 63.9 Å². The maximum atomic E-state index is 13.0. The van der Waals surface area contributed by atoms with E-state index in [0.29, 0.717) is 35.4 Å². The summed E-state index contributed by atoms with van der Waals surface area (Å²) in [7, 11) is 1.75. The van der Waals surface area contributed by atoms with E-state index in [2.05, 4.69) is 5.10 Å². The fourth-order valence-electron chi connectivity index (χ4n) is 3.35. The molecule has 0 bridgehead atoms. The third kappa shape index (κ3) is 2.71. The Hall–Kier alpha value is -3.35. The van der Waals surface area contributed by atoms with Crippen LogP contribution in [0, 0.1) is 6.92 Å². The molecule has 1 aromatic carbocycles. The van der Waals surface area contributed by atoms with Crippen LogP contribution in [0.4, 0.5) is 0 Å². The van der Waals surface area contributed by atoms with Crippen molar-refractivity contribution >= 4 is 27.8 Å². The normalized spacial score (nSPS) is 11.4. The lowest BCUT2D eigenvalue weighted by molar-refractivity contribution is 0.0526. The van der Waals surface area contributed by atoms with Gasteiger partial charge in [0.25, 0.3) is 5.56 Å². The van der Waals surface area contributed by atoms with Crippen LogP contribution < -0.4 is 5.56 Å². The molecule has 0 N–H and O–H groups in total. The fourth-order valence-corrected chi connectivity index (χ4v) is 3.35. The molecule has 0 spiro atoms. The van der Waals surface area contributed by atoms with E-state index in [-0.39, 0.29) is 5.56 Å². The second kappa shape index (κ2) is 6.42. The zero-order chi connectivity index (χ0) is 19.1. The minimum absolute atomic E-state index is 0.117. The van der Waals surface area contributed by atoms with Gasteiger partial charge >= 0.3 is 5.97 Å². The van der Waals surface area contributed by atoms with Crippen LogP contribution in [0.5, 0.6) is 0 Å². The Bertz CT molecular complexity index is 1230. The van der Waals surface area contributed by atoms with E-state index in [0.717, 1.165) is 16.5 Å². The number of benzene rings is 1. The summed E-state index contributed by atoms with van der Waals surface area (Å²) in [5.74, 6) is 0.242. The molecule has 0 aliphatic carbocycles. The highest BCUT2D eigenvalue weighted by Gasteiger charge is 2.20. The molecular formula is C20H19N3O4. The Morgan fingerprint density at radius 3 is 2.85 bits per heavy atom. The van der Waals surface area contributed by atoms with Crippen molar-refractivity contribution in [1.29, 1.82) is 0 Å². The third-order valence-electron chi connectivity index (χ3n) is 4.70. The summed E-state index contributed by atoms with van der Waals surface area (Å²) in [5.41, 5.74) is 2.42. The van der Waals surface area contributed by atoms with Gasteiger partial charge in [-0.15, -0.1) is 0 Å². The number of nitrogens with zero attached hydrogens (tertiary/aromatic N) is 3. The number of pyridine rings is 1. The van der Waals surface area contributed by atoms with Crippen LogP contribution >= 0.6 is 0 Å². The first-order chi connectivity index (χ1) is 13.0. The summed E-state index contributed by atoms with van der Waals surface area (Å²) in [6.07, 6.45) is 3.07. The number of rotatable bonds is 4. The van der Waals surface area contributed by atoms with Crippen LogP contribution in [0.3, 0.4) is 0 Å². The van der Waals surface area contributed by atoms with Gasteiger partial charge < -0.3 is 13.7 Å². The Morgan fingerprint density at radius 2 is 2.07 bits per heavy atom. The number of ether oxygens (including phenoxy) is 1. The van der Waals surface area contributed by atoms with Gasteiger partial charge in [0.05, 0.1) is 35.8 Å². The third-order valence-corrected chi connectivity index (χ3v) is 4.70. The lowest BCUT2D eigenvalue weighted by Gasteiger charge is -2.06. The van der Waals surface area contributed by atoms with Crippen LogP contribution in [0.25, 0.3) is 21.9 Å². The van der Waals surface area contributed by atoms with Crippen LogP contribution in [-0.2, 0) is 18.3 Å². The Balaban J connectivity index is 1.85. The molecule has 27 heavy (non-hydrogen) atoms. The molecule has 0 atom stereocenters. The van der Waals surface area contributed by atoms with Crippen LogP contribution in [0.15, 0.2) is 45.9 Å². The predicted octanol–water partition coefficient (Wildman–Crippen LogP) is 3.01. The molecule has 0 saturated heterocycles. The molecular weight excluding hydrogens is 346 g/mol. The van der Waals surface area contributed by atoms with Crippen molar-refractivity contribution in [2.45, 2.75) is 20.4 Å². The Labute approximate surface area is 154 Å². The molecule has 0 fully saturated rings. The number of fused-ring (bicyclic) bond motifs is 3. The van der Waals surface area contributed by atoms with E-state index in [1.165, 1.54) is 6.20 Å². The average Bonchev–Trinajstić information content (AvgIpc) is 3.26.